The second-order valence-corrected chi connectivity index (χ2v) is 4.77. The molecule has 0 bridgehead atoms. The van der Waals surface area contributed by atoms with Gasteiger partial charge in [-0.1, -0.05) is 36.4 Å². The second kappa shape index (κ2) is 7.25. The third-order valence-corrected chi connectivity index (χ3v) is 2.78. The summed E-state index contributed by atoms with van der Waals surface area (Å²) in [5, 5.41) is 3.49. The van der Waals surface area contributed by atoms with Crippen molar-refractivity contribution in [2.45, 2.75) is 32.5 Å². The Kier molecular flexibility index (Phi) is 5.95. The molecule has 1 aromatic rings. The molecule has 1 N–H and O–H groups in total. The molecule has 0 aromatic heterocycles. The van der Waals surface area contributed by atoms with Crippen molar-refractivity contribution < 1.29 is 0 Å². The standard InChI is InChI=1S/C15H24N2/c1-5-13(2)16-14(3)11-17(4)12-15-9-7-6-8-10-15/h5-10,13-14,16H,1,11-12H2,2-4H3. The minimum absolute atomic E-state index is 0.370. The minimum atomic E-state index is 0.370. The highest BCUT2D eigenvalue weighted by atomic mass is 15.1. The van der Waals surface area contributed by atoms with Crippen molar-refractivity contribution in [1.29, 1.82) is 0 Å². The van der Waals surface area contributed by atoms with Crippen molar-refractivity contribution in [1.82, 2.24) is 10.2 Å². The first-order chi connectivity index (χ1) is 8.11. The van der Waals surface area contributed by atoms with E-state index in [1.54, 1.807) is 0 Å². The normalized spacial score (nSPS) is 14.6. The third kappa shape index (κ3) is 5.66. The van der Waals surface area contributed by atoms with Gasteiger partial charge in [-0.05, 0) is 26.5 Å². The molecule has 17 heavy (non-hydrogen) atoms. The number of hydrogen-bond donors (Lipinski definition) is 1. The summed E-state index contributed by atoms with van der Waals surface area (Å²) in [5.41, 5.74) is 1.36. The Labute approximate surface area is 105 Å². The largest absolute Gasteiger partial charge is 0.307 e. The molecule has 0 aliphatic rings. The van der Waals surface area contributed by atoms with Crippen molar-refractivity contribution in [2.75, 3.05) is 13.6 Å². The average molecular weight is 232 g/mol. The molecule has 0 amide bonds. The fourth-order valence-corrected chi connectivity index (χ4v) is 2.00. The summed E-state index contributed by atoms with van der Waals surface area (Å²) in [5.74, 6) is 0. The molecule has 0 radical (unpaired) electrons. The van der Waals surface area contributed by atoms with Crippen LogP contribution in [0.15, 0.2) is 43.0 Å². The zero-order chi connectivity index (χ0) is 12.7. The van der Waals surface area contributed by atoms with E-state index in [1.165, 1.54) is 5.56 Å². The van der Waals surface area contributed by atoms with Gasteiger partial charge in [0.1, 0.15) is 0 Å². The first kappa shape index (κ1) is 13.9. The van der Waals surface area contributed by atoms with Gasteiger partial charge in [0.2, 0.25) is 0 Å². The van der Waals surface area contributed by atoms with Gasteiger partial charge in [-0.15, -0.1) is 6.58 Å². The van der Waals surface area contributed by atoms with Gasteiger partial charge in [0.05, 0.1) is 0 Å². The van der Waals surface area contributed by atoms with Gasteiger partial charge in [-0.3, -0.25) is 0 Å². The van der Waals surface area contributed by atoms with E-state index >= 15 is 0 Å². The summed E-state index contributed by atoms with van der Waals surface area (Å²) >= 11 is 0. The van der Waals surface area contributed by atoms with Crippen LogP contribution in [-0.2, 0) is 6.54 Å². The van der Waals surface area contributed by atoms with E-state index in [2.05, 4.69) is 68.0 Å². The van der Waals surface area contributed by atoms with Crippen molar-refractivity contribution in [3.05, 3.63) is 48.6 Å². The van der Waals surface area contributed by atoms with Gasteiger partial charge >= 0.3 is 0 Å². The Hall–Kier alpha value is -1.12. The van der Waals surface area contributed by atoms with Crippen LogP contribution in [0, 0.1) is 0 Å². The van der Waals surface area contributed by atoms with Crippen LogP contribution in [0.5, 0.6) is 0 Å². The monoisotopic (exact) mass is 232 g/mol. The van der Waals surface area contributed by atoms with Crippen molar-refractivity contribution in [3.63, 3.8) is 0 Å². The summed E-state index contributed by atoms with van der Waals surface area (Å²) in [6.07, 6.45) is 1.94. The van der Waals surface area contributed by atoms with E-state index in [-0.39, 0.29) is 0 Å². The summed E-state index contributed by atoms with van der Waals surface area (Å²) in [4.78, 5) is 2.34. The smallest absolute Gasteiger partial charge is 0.0231 e. The summed E-state index contributed by atoms with van der Waals surface area (Å²) < 4.78 is 0. The van der Waals surface area contributed by atoms with Crippen LogP contribution in [0.2, 0.25) is 0 Å². The first-order valence-corrected chi connectivity index (χ1v) is 6.23. The number of hydrogen-bond acceptors (Lipinski definition) is 2. The SMILES string of the molecule is C=CC(C)NC(C)CN(C)Cc1ccccc1. The Morgan fingerprint density at radius 2 is 1.94 bits per heavy atom. The van der Waals surface area contributed by atoms with Gasteiger partial charge < -0.3 is 10.2 Å². The maximum Gasteiger partial charge on any atom is 0.0231 e. The zero-order valence-corrected chi connectivity index (χ0v) is 11.2. The molecule has 1 aromatic carbocycles. The van der Waals surface area contributed by atoms with Gasteiger partial charge in [0.15, 0.2) is 0 Å². The van der Waals surface area contributed by atoms with Crippen molar-refractivity contribution >= 4 is 0 Å². The number of nitrogens with one attached hydrogen (secondary N) is 1. The van der Waals surface area contributed by atoms with Crippen LogP contribution in [0.4, 0.5) is 0 Å². The van der Waals surface area contributed by atoms with E-state index in [9.17, 15) is 0 Å². The summed E-state index contributed by atoms with van der Waals surface area (Å²) in [7, 11) is 2.16. The second-order valence-electron chi connectivity index (χ2n) is 4.77. The molecule has 2 nitrogen and oxygen atoms in total. The maximum atomic E-state index is 3.78. The molecule has 2 unspecified atom stereocenters. The van der Waals surface area contributed by atoms with E-state index in [0.717, 1.165) is 13.1 Å². The lowest BCUT2D eigenvalue weighted by Gasteiger charge is -2.24. The molecular formula is C15H24N2. The molecule has 0 heterocycles. The molecule has 2 heteroatoms. The lowest BCUT2D eigenvalue weighted by Crippen LogP contribution is -2.40. The van der Waals surface area contributed by atoms with Crippen LogP contribution < -0.4 is 5.32 Å². The molecule has 0 saturated heterocycles. The third-order valence-electron chi connectivity index (χ3n) is 2.78. The highest BCUT2D eigenvalue weighted by molar-refractivity contribution is 5.14. The molecule has 94 valence electrons. The fourth-order valence-electron chi connectivity index (χ4n) is 2.00. The molecule has 0 fully saturated rings. The van der Waals surface area contributed by atoms with E-state index in [1.807, 2.05) is 6.08 Å². The topological polar surface area (TPSA) is 15.3 Å². The number of nitrogens with zero attached hydrogens (tertiary/aromatic N) is 1. The first-order valence-electron chi connectivity index (χ1n) is 6.23. The zero-order valence-electron chi connectivity index (χ0n) is 11.2. The van der Waals surface area contributed by atoms with Crippen LogP contribution in [-0.4, -0.2) is 30.6 Å². The average Bonchev–Trinajstić information content (AvgIpc) is 2.29. The fraction of sp³-hybridized carbons (Fsp3) is 0.467. The van der Waals surface area contributed by atoms with Crippen LogP contribution >= 0.6 is 0 Å². The molecule has 0 spiro atoms. The van der Waals surface area contributed by atoms with Crippen molar-refractivity contribution in [3.8, 4) is 0 Å². The van der Waals surface area contributed by atoms with Gasteiger partial charge in [0, 0.05) is 25.2 Å². The lowest BCUT2D eigenvalue weighted by atomic mass is 10.2. The number of rotatable bonds is 7. The molecule has 0 aliphatic heterocycles. The van der Waals surface area contributed by atoms with Gasteiger partial charge in [0.25, 0.3) is 0 Å². The Balaban J connectivity index is 2.34. The molecular weight excluding hydrogens is 208 g/mol. The number of benzene rings is 1. The summed E-state index contributed by atoms with van der Waals surface area (Å²) in [6.45, 7) is 10.2. The maximum absolute atomic E-state index is 3.78. The van der Waals surface area contributed by atoms with E-state index < -0.39 is 0 Å². The lowest BCUT2D eigenvalue weighted by molar-refractivity contribution is 0.285. The summed E-state index contributed by atoms with van der Waals surface area (Å²) in [6, 6.07) is 11.4. The number of likely N-dealkylation sites (N-methyl/N-ethyl adjacent to an activating group) is 1. The molecule has 2 atom stereocenters. The Morgan fingerprint density at radius 1 is 1.29 bits per heavy atom. The molecule has 0 saturated carbocycles. The van der Waals surface area contributed by atoms with Gasteiger partial charge in [-0.2, -0.15) is 0 Å². The Bertz CT molecular complexity index is 321. The van der Waals surface area contributed by atoms with Crippen LogP contribution in [0.1, 0.15) is 19.4 Å². The quantitative estimate of drug-likeness (QED) is 0.727. The van der Waals surface area contributed by atoms with Gasteiger partial charge in [-0.25, -0.2) is 0 Å². The molecule has 1 rings (SSSR count). The minimum Gasteiger partial charge on any atom is -0.307 e. The predicted molar refractivity (Wildman–Crippen MR) is 75.0 cm³/mol. The van der Waals surface area contributed by atoms with Crippen molar-refractivity contribution in [2.24, 2.45) is 0 Å². The van der Waals surface area contributed by atoms with Crippen LogP contribution in [0.3, 0.4) is 0 Å². The Morgan fingerprint density at radius 3 is 2.53 bits per heavy atom. The predicted octanol–water partition coefficient (Wildman–Crippen LogP) is 2.67. The highest BCUT2D eigenvalue weighted by Crippen LogP contribution is 2.03. The van der Waals surface area contributed by atoms with Crippen LogP contribution in [0.25, 0.3) is 0 Å². The van der Waals surface area contributed by atoms with E-state index in [0.29, 0.717) is 12.1 Å². The molecule has 0 aliphatic carbocycles. The van der Waals surface area contributed by atoms with E-state index in [4.69, 9.17) is 0 Å². The highest BCUT2D eigenvalue weighted by Gasteiger charge is 2.08.